The highest BCUT2D eigenvalue weighted by molar-refractivity contribution is 7.87. The molecule has 2 aromatic carbocycles. The number of anilines is 1. The lowest BCUT2D eigenvalue weighted by Crippen LogP contribution is -2.54. The van der Waals surface area contributed by atoms with Crippen molar-refractivity contribution in [2.24, 2.45) is 11.8 Å². The van der Waals surface area contributed by atoms with Crippen molar-refractivity contribution in [3.05, 3.63) is 70.3 Å². The quantitative estimate of drug-likeness (QED) is 0.397. The van der Waals surface area contributed by atoms with Gasteiger partial charge in [-0.25, -0.2) is 4.72 Å². The normalized spacial score (nSPS) is 30.1. The van der Waals surface area contributed by atoms with E-state index in [1.165, 1.54) is 16.0 Å². The minimum atomic E-state index is -4.40. The molecule has 3 N–H and O–H groups in total. The van der Waals surface area contributed by atoms with Gasteiger partial charge in [0.25, 0.3) is 5.91 Å². The van der Waals surface area contributed by atoms with Crippen LogP contribution < -0.4 is 14.4 Å². The van der Waals surface area contributed by atoms with Gasteiger partial charge in [-0.15, -0.1) is 0 Å². The van der Waals surface area contributed by atoms with Crippen LogP contribution in [0.25, 0.3) is 0 Å². The van der Waals surface area contributed by atoms with Crippen LogP contribution in [0.15, 0.2) is 48.6 Å². The summed E-state index contributed by atoms with van der Waals surface area (Å²) in [5, 5.41) is 23.1. The van der Waals surface area contributed by atoms with Gasteiger partial charge in [-0.3, -0.25) is 9.59 Å². The summed E-state index contributed by atoms with van der Waals surface area (Å²) in [6.45, 7) is 2.06. The SMILES string of the molecule is CO[C@H]1C=CCCN(C)C(=O)C[C@](O)(C(=O)NS(=O)(=O)N2CCC(O)CC2)c2ccc3c(c2)N(C[C@@H]2CC[C@H]21)C[C@@]1(CCCc2cc(Cl)ccc21)CO3. The number of benzene rings is 2. The summed E-state index contributed by atoms with van der Waals surface area (Å²) in [5.74, 6) is -0.598. The van der Waals surface area contributed by atoms with E-state index < -0.39 is 40.1 Å². The molecule has 14 heteroatoms. The molecule has 1 saturated carbocycles. The first-order chi connectivity index (χ1) is 25.3. The number of piperidine rings is 1. The lowest BCUT2D eigenvalue weighted by atomic mass is 9.68. The molecule has 1 spiro atoms. The Hall–Kier alpha value is -3.20. The Labute approximate surface area is 317 Å². The molecule has 12 nitrogen and oxygen atoms in total. The zero-order chi connectivity index (χ0) is 37.5. The summed E-state index contributed by atoms with van der Waals surface area (Å²) >= 11 is 6.46. The van der Waals surface area contributed by atoms with E-state index in [9.17, 15) is 28.2 Å². The predicted octanol–water partition coefficient (Wildman–Crippen LogP) is 3.67. The maximum Gasteiger partial charge on any atom is 0.303 e. The Kier molecular flexibility index (Phi) is 10.9. The Morgan fingerprint density at radius 2 is 1.89 bits per heavy atom. The molecule has 3 aliphatic heterocycles. The number of aryl methyl sites for hydroxylation is 1. The molecule has 53 heavy (non-hydrogen) atoms. The van der Waals surface area contributed by atoms with E-state index in [1.54, 1.807) is 32.4 Å². The average Bonchev–Trinajstić information content (AvgIpc) is 3.27. The number of fused-ring (bicyclic) bond motifs is 4. The number of aliphatic hydroxyl groups is 2. The lowest BCUT2D eigenvalue weighted by Gasteiger charge is -2.46. The highest BCUT2D eigenvalue weighted by Crippen LogP contribution is 2.48. The van der Waals surface area contributed by atoms with Crippen molar-refractivity contribution in [3.63, 3.8) is 0 Å². The van der Waals surface area contributed by atoms with Crippen LogP contribution in [0.5, 0.6) is 5.75 Å². The average molecular weight is 771 g/mol. The molecule has 2 aromatic rings. The van der Waals surface area contributed by atoms with Gasteiger partial charge in [0.1, 0.15) is 5.75 Å². The summed E-state index contributed by atoms with van der Waals surface area (Å²) < 4.78 is 42.8. The molecular formula is C39H51ClN4O8S. The van der Waals surface area contributed by atoms with Gasteiger partial charge in [-0.2, -0.15) is 12.7 Å². The number of carbonyl (C=O) groups excluding carboxylic acids is 2. The van der Waals surface area contributed by atoms with E-state index in [-0.39, 0.29) is 54.8 Å². The number of carbonyl (C=O) groups is 2. The fraction of sp³-hybridized carbons (Fsp3) is 0.590. The largest absolute Gasteiger partial charge is 0.490 e. The summed E-state index contributed by atoms with van der Waals surface area (Å²) in [7, 11) is -1.06. The van der Waals surface area contributed by atoms with Crippen molar-refractivity contribution in [2.45, 2.75) is 81.0 Å². The second kappa shape index (κ2) is 15.1. The maximum atomic E-state index is 14.2. The molecule has 1 saturated heterocycles. The Morgan fingerprint density at radius 1 is 1.09 bits per heavy atom. The third-order valence-corrected chi connectivity index (χ3v) is 14.0. The van der Waals surface area contributed by atoms with E-state index in [0.29, 0.717) is 49.1 Å². The van der Waals surface area contributed by atoms with Crippen molar-refractivity contribution in [1.82, 2.24) is 13.9 Å². The lowest BCUT2D eigenvalue weighted by molar-refractivity contribution is -0.148. The highest BCUT2D eigenvalue weighted by Gasteiger charge is 2.47. The summed E-state index contributed by atoms with van der Waals surface area (Å²) in [6.07, 6.45) is 8.50. The molecule has 2 bridgehead atoms. The van der Waals surface area contributed by atoms with Crippen LogP contribution in [0, 0.1) is 11.8 Å². The molecule has 0 unspecified atom stereocenters. The first-order valence-electron chi connectivity index (χ1n) is 18.8. The van der Waals surface area contributed by atoms with E-state index >= 15 is 0 Å². The molecule has 2 aliphatic carbocycles. The highest BCUT2D eigenvalue weighted by atomic mass is 35.5. The van der Waals surface area contributed by atoms with Gasteiger partial charge in [0, 0.05) is 57.3 Å². The van der Waals surface area contributed by atoms with Gasteiger partial charge in [0.15, 0.2) is 5.60 Å². The van der Waals surface area contributed by atoms with Gasteiger partial charge in [-0.05, 0) is 104 Å². The third-order valence-electron chi connectivity index (χ3n) is 12.3. The zero-order valence-corrected chi connectivity index (χ0v) is 32.1. The van der Waals surface area contributed by atoms with Crippen molar-refractivity contribution in [2.75, 3.05) is 58.4 Å². The van der Waals surface area contributed by atoms with E-state index in [4.69, 9.17) is 21.1 Å². The number of methoxy groups -OCH3 is 1. The van der Waals surface area contributed by atoms with E-state index in [1.807, 2.05) is 18.2 Å². The molecule has 5 atom stereocenters. The molecule has 288 valence electrons. The van der Waals surface area contributed by atoms with Crippen LogP contribution in [-0.4, -0.2) is 105 Å². The monoisotopic (exact) mass is 770 g/mol. The minimum absolute atomic E-state index is 0.0196. The van der Waals surface area contributed by atoms with Crippen LogP contribution in [0.1, 0.15) is 68.1 Å². The maximum absolute atomic E-state index is 14.2. The fourth-order valence-electron chi connectivity index (χ4n) is 8.94. The van der Waals surface area contributed by atoms with Crippen molar-refractivity contribution >= 4 is 39.3 Å². The topological polar surface area (TPSA) is 149 Å². The standard InChI is InChI=1S/C39H51ClN4O8S/c1-42-17-4-3-7-34(51-2)31-11-8-27(31)23-43-24-38(16-5-6-26-20-29(40)10-12-32(26)38)25-52-35-13-9-28(21-33(35)43)39(48,22-36(42)46)37(47)41-53(49,50)44-18-14-30(45)15-19-44/h3,7,9-10,12-13,20-21,27,30-31,34,45,48H,4-6,8,11,14-19,22-25H2,1-2H3,(H,41,47)/t27-,31+,34-,38-,39+/m0/s1. The molecule has 0 aromatic heterocycles. The van der Waals surface area contributed by atoms with Gasteiger partial charge in [-0.1, -0.05) is 35.9 Å². The fourth-order valence-corrected chi connectivity index (χ4v) is 10.4. The molecule has 7 rings (SSSR count). The van der Waals surface area contributed by atoms with Crippen molar-refractivity contribution < 1.29 is 37.7 Å². The van der Waals surface area contributed by atoms with Crippen LogP contribution in [0.3, 0.4) is 0 Å². The van der Waals surface area contributed by atoms with Gasteiger partial charge < -0.3 is 29.5 Å². The second-order valence-electron chi connectivity index (χ2n) is 15.6. The smallest absolute Gasteiger partial charge is 0.303 e. The molecule has 2 fully saturated rings. The van der Waals surface area contributed by atoms with Crippen molar-refractivity contribution in [1.29, 1.82) is 0 Å². The summed E-state index contributed by atoms with van der Waals surface area (Å²) in [5.41, 5.74) is 0.267. The summed E-state index contributed by atoms with van der Waals surface area (Å²) in [6, 6.07) is 11.1. The molecule has 0 radical (unpaired) electrons. The number of nitrogens with zero attached hydrogens (tertiary/aromatic N) is 3. The van der Waals surface area contributed by atoms with Crippen LogP contribution in [-0.2, 0) is 42.0 Å². The Morgan fingerprint density at radius 3 is 2.62 bits per heavy atom. The molecule has 3 heterocycles. The minimum Gasteiger partial charge on any atom is -0.490 e. The van der Waals surface area contributed by atoms with E-state index in [0.717, 1.165) is 36.4 Å². The first-order valence-corrected chi connectivity index (χ1v) is 20.6. The molecule has 5 aliphatic rings. The van der Waals surface area contributed by atoms with Gasteiger partial charge in [0.05, 0.1) is 30.9 Å². The number of amides is 2. The third kappa shape index (κ3) is 7.57. The van der Waals surface area contributed by atoms with Crippen molar-refractivity contribution in [3.8, 4) is 5.75 Å². The number of hydrogen-bond donors (Lipinski definition) is 3. The van der Waals surface area contributed by atoms with Gasteiger partial charge in [0.2, 0.25) is 5.91 Å². The van der Waals surface area contributed by atoms with Crippen LogP contribution >= 0.6 is 11.6 Å². The van der Waals surface area contributed by atoms with Crippen LogP contribution in [0.2, 0.25) is 5.02 Å². The van der Waals surface area contributed by atoms with Gasteiger partial charge >= 0.3 is 10.2 Å². The van der Waals surface area contributed by atoms with Crippen LogP contribution in [0.4, 0.5) is 5.69 Å². The number of ether oxygens (including phenoxy) is 2. The Bertz CT molecular complexity index is 1850. The van der Waals surface area contributed by atoms with E-state index in [2.05, 4.69) is 21.8 Å². The summed E-state index contributed by atoms with van der Waals surface area (Å²) in [4.78, 5) is 31.7. The number of hydrogen-bond acceptors (Lipinski definition) is 9. The second-order valence-corrected chi connectivity index (χ2v) is 17.7. The number of nitrogens with one attached hydrogen (secondary N) is 1. The number of aliphatic hydroxyl groups excluding tert-OH is 1. The zero-order valence-electron chi connectivity index (χ0n) is 30.5. The number of halogens is 1. The molecular weight excluding hydrogens is 720 g/mol. The first kappa shape index (κ1) is 38.1. The number of rotatable bonds is 4. The molecule has 2 amide bonds. The Balaban J connectivity index is 1.31. The predicted molar refractivity (Wildman–Crippen MR) is 201 cm³/mol.